The summed E-state index contributed by atoms with van der Waals surface area (Å²) in [6.07, 6.45) is 4.51. The van der Waals surface area contributed by atoms with Gasteiger partial charge in [0.2, 0.25) is 0 Å². The van der Waals surface area contributed by atoms with Crippen LogP contribution in [0, 0.1) is 0 Å². The van der Waals surface area contributed by atoms with E-state index in [1.54, 1.807) is 0 Å². The van der Waals surface area contributed by atoms with Gasteiger partial charge in [-0.15, -0.1) is 0 Å². The minimum absolute atomic E-state index is 0.479. The molecule has 0 aliphatic carbocycles. The van der Waals surface area contributed by atoms with E-state index < -0.39 is 10.8 Å². The lowest BCUT2D eigenvalue weighted by Gasteiger charge is -2.37. The van der Waals surface area contributed by atoms with E-state index in [4.69, 9.17) is 0 Å². The Morgan fingerprint density at radius 3 is 0.816 bits per heavy atom. The van der Waals surface area contributed by atoms with Crippen LogP contribution in [0.5, 0.6) is 0 Å². The molecule has 0 saturated carbocycles. The van der Waals surface area contributed by atoms with Crippen LogP contribution in [-0.4, -0.2) is 4.57 Å². The molecule has 0 bridgehead atoms. The Balaban J connectivity index is 1.29. The van der Waals surface area contributed by atoms with Crippen molar-refractivity contribution in [1.82, 2.24) is 4.57 Å². The molecule has 49 heavy (non-hydrogen) atoms. The van der Waals surface area contributed by atoms with Crippen molar-refractivity contribution in [1.29, 1.82) is 0 Å². The van der Waals surface area contributed by atoms with E-state index in [2.05, 4.69) is 229 Å². The van der Waals surface area contributed by atoms with Crippen LogP contribution >= 0.6 is 0 Å². The third-order valence-electron chi connectivity index (χ3n) is 9.97. The number of rotatable bonds is 9. The molecule has 0 N–H and O–H groups in total. The van der Waals surface area contributed by atoms with Crippen molar-refractivity contribution in [2.45, 2.75) is 10.8 Å². The highest BCUT2D eigenvalue weighted by Gasteiger charge is 2.40. The van der Waals surface area contributed by atoms with Gasteiger partial charge in [0.15, 0.2) is 0 Å². The zero-order valence-corrected chi connectivity index (χ0v) is 27.3. The third-order valence-corrected chi connectivity index (χ3v) is 9.97. The standard InChI is InChI=1S/C48H37N/c1-7-19-38(20-8-1)47(39-21-9-2-10-22-39,40-23-11-3-12-24-40)44-31-33-46(34-32-44)49-36-35-45(37-49)48(41-25-13-4-14-26-41,42-27-15-5-16-28-42)43-29-17-6-18-30-43/h1-37H. The van der Waals surface area contributed by atoms with Crippen LogP contribution in [0.1, 0.15) is 44.5 Å². The fraction of sp³-hybridized carbons (Fsp3) is 0.0417. The molecule has 234 valence electrons. The van der Waals surface area contributed by atoms with Crippen molar-refractivity contribution in [3.05, 3.63) is 269 Å². The molecular weight excluding hydrogens is 591 g/mol. The molecule has 0 radical (unpaired) electrons. The van der Waals surface area contributed by atoms with Gasteiger partial charge < -0.3 is 4.57 Å². The second-order valence-corrected chi connectivity index (χ2v) is 12.6. The quantitative estimate of drug-likeness (QED) is 0.140. The zero-order chi connectivity index (χ0) is 32.9. The lowest BCUT2D eigenvalue weighted by Crippen LogP contribution is -2.31. The average Bonchev–Trinajstić information content (AvgIpc) is 3.69. The molecule has 0 spiro atoms. The van der Waals surface area contributed by atoms with Gasteiger partial charge in [-0.25, -0.2) is 0 Å². The number of hydrogen-bond donors (Lipinski definition) is 0. The second kappa shape index (κ2) is 13.1. The predicted molar refractivity (Wildman–Crippen MR) is 202 cm³/mol. The van der Waals surface area contributed by atoms with Gasteiger partial charge in [0.25, 0.3) is 0 Å². The van der Waals surface area contributed by atoms with Gasteiger partial charge in [-0.2, -0.15) is 0 Å². The topological polar surface area (TPSA) is 4.93 Å². The van der Waals surface area contributed by atoms with E-state index >= 15 is 0 Å². The highest BCUT2D eigenvalue weighted by molar-refractivity contribution is 5.62. The lowest BCUT2D eigenvalue weighted by atomic mass is 9.65. The average molecular weight is 628 g/mol. The summed E-state index contributed by atoms with van der Waals surface area (Å²) in [6, 6.07) is 76.7. The second-order valence-electron chi connectivity index (χ2n) is 12.6. The molecule has 8 aromatic rings. The van der Waals surface area contributed by atoms with Crippen molar-refractivity contribution < 1.29 is 0 Å². The van der Waals surface area contributed by atoms with E-state index in [-0.39, 0.29) is 0 Å². The summed E-state index contributed by atoms with van der Waals surface area (Å²) in [5, 5.41) is 0. The Labute approximate surface area is 289 Å². The molecule has 0 aliphatic rings. The monoisotopic (exact) mass is 627 g/mol. The van der Waals surface area contributed by atoms with Gasteiger partial charge in [-0.3, -0.25) is 0 Å². The molecular formula is C48H37N. The normalized spacial score (nSPS) is 11.7. The molecule has 1 aromatic heterocycles. The molecule has 0 atom stereocenters. The molecule has 0 fully saturated rings. The molecule has 0 aliphatic heterocycles. The first-order valence-electron chi connectivity index (χ1n) is 16.9. The first-order valence-corrected chi connectivity index (χ1v) is 16.9. The summed E-state index contributed by atoms with van der Waals surface area (Å²) >= 11 is 0. The number of nitrogens with zero attached hydrogens (tertiary/aromatic N) is 1. The SMILES string of the molecule is c1ccc(C(c2ccccc2)(c2ccccc2)c2ccc(-n3ccc(C(c4ccccc4)(c4ccccc4)c4ccccc4)c3)cc2)cc1. The van der Waals surface area contributed by atoms with Crippen LogP contribution in [0.15, 0.2) is 225 Å². The van der Waals surface area contributed by atoms with Gasteiger partial charge in [-0.1, -0.05) is 194 Å². The minimum atomic E-state index is -0.488. The largest absolute Gasteiger partial charge is 0.324 e. The van der Waals surface area contributed by atoms with E-state index in [9.17, 15) is 0 Å². The zero-order valence-electron chi connectivity index (χ0n) is 27.3. The summed E-state index contributed by atoms with van der Waals surface area (Å²) < 4.78 is 2.26. The number of hydrogen-bond acceptors (Lipinski definition) is 0. The molecule has 1 heteroatoms. The summed E-state index contributed by atoms with van der Waals surface area (Å²) in [6.45, 7) is 0. The first kappa shape index (κ1) is 30.2. The summed E-state index contributed by atoms with van der Waals surface area (Å²) in [4.78, 5) is 0. The molecule has 1 heterocycles. The molecule has 0 unspecified atom stereocenters. The van der Waals surface area contributed by atoms with Crippen LogP contribution in [0.2, 0.25) is 0 Å². The van der Waals surface area contributed by atoms with Crippen molar-refractivity contribution >= 4 is 0 Å². The number of aromatic nitrogens is 1. The fourth-order valence-corrected chi connectivity index (χ4v) is 7.79. The minimum Gasteiger partial charge on any atom is -0.324 e. The van der Waals surface area contributed by atoms with Gasteiger partial charge in [0.1, 0.15) is 0 Å². The van der Waals surface area contributed by atoms with Gasteiger partial charge in [0, 0.05) is 18.1 Å². The Hall–Kier alpha value is -6.18. The van der Waals surface area contributed by atoms with Crippen LogP contribution < -0.4 is 0 Å². The molecule has 0 amide bonds. The van der Waals surface area contributed by atoms with Crippen LogP contribution in [0.4, 0.5) is 0 Å². The van der Waals surface area contributed by atoms with Crippen LogP contribution in [-0.2, 0) is 10.8 Å². The first-order chi connectivity index (χ1) is 24.3. The summed E-state index contributed by atoms with van der Waals surface area (Å²) in [5.41, 5.74) is 10.0. The lowest BCUT2D eigenvalue weighted by molar-refractivity contribution is 0.742. The maximum atomic E-state index is 2.31. The molecule has 1 nitrogen and oxygen atoms in total. The Morgan fingerprint density at radius 2 is 0.510 bits per heavy atom. The Morgan fingerprint density at radius 1 is 0.245 bits per heavy atom. The Kier molecular flexibility index (Phi) is 8.09. The maximum absolute atomic E-state index is 2.31. The predicted octanol–water partition coefficient (Wildman–Crippen LogP) is 11.2. The fourth-order valence-electron chi connectivity index (χ4n) is 7.79. The van der Waals surface area contributed by atoms with Gasteiger partial charge in [-0.05, 0) is 62.7 Å². The summed E-state index contributed by atoms with van der Waals surface area (Å²) in [5.74, 6) is 0. The van der Waals surface area contributed by atoms with Crippen LogP contribution in [0.3, 0.4) is 0 Å². The highest BCUT2D eigenvalue weighted by Crippen LogP contribution is 2.47. The van der Waals surface area contributed by atoms with Crippen LogP contribution in [0.25, 0.3) is 5.69 Å². The van der Waals surface area contributed by atoms with Gasteiger partial charge in [0.05, 0.1) is 10.8 Å². The molecule has 0 saturated heterocycles. The van der Waals surface area contributed by atoms with E-state index in [0.29, 0.717) is 0 Å². The Bertz CT molecular complexity index is 2030. The summed E-state index contributed by atoms with van der Waals surface area (Å²) in [7, 11) is 0. The van der Waals surface area contributed by atoms with Crippen molar-refractivity contribution in [2.75, 3.05) is 0 Å². The van der Waals surface area contributed by atoms with E-state index in [0.717, 1.165) is 5.69 Å². The van der Waals surface area contributed by atoms with Gasteiger partial charge >= 0.3 is 0 Å². The highest BCUT2D eigenvalue weighted by atomic mass is 14.9. The number of benzene rings is 7. The third kappa shape index (κ3) is 5.21. The van der Waals surface area contributed by atoms with Crippen molar-refractivity contribution in [2.24, 2.45) is 0 Å². The van der Waals surface area contributed by atoms with Crippen molar-refractivity contribution in [3.8, 4) is 5.69 Å². The smallest absolute Gasteiger partial charge is 0.0716 e. The van der Waals surface area contributed by atoms with E-state index in [1.165, 1.54) is 44.5 Å². The molecule has 8 rings (SSSR count). The molecule has 7 aromatic carbocycles. The van der Waals surface area contributed by atoms with E-state index in [1.807, 2.05) is 0 Å². The van der Waals surface area contributed by atoms with Crippen molar-refractivity contribution in [3.63, 3.8) is 0 Å². The maximum Gasteiger partial charge on any atom is 0.0716 e.